The molecule has 0 aliphatic carbocycles. The molecule has 0 nitrogen and oxygen atoms in total. The molecule has 0 aromatic carbocycles. The fraction of sp³-hybridized carbons (Fsp3) is 0.600. The van der Waals surface area contributed by atoms with Crippen molar-refractivity contribution in [2.45, 2.75) is 40.5 Å². The maximum atomic E-state index is 2.23. The smallest absolute Gasteiger partial charge is 0.00998 e. The molecule has 0 spiro atoms. The fourth-order valence-corrected chi connectivity index (χ4v) is 1.92. The molecule has 1 heterocycles. The number of hydrogen-bond donors (Lipinski definition) is 0. The molecule has 0 atom stereocenters. The van der Waals surface area contributed by atoms with E-state index in [9.17, 15) is 0 Å². The molecule has 1 aromatic heterocycles. The Bertz CT molecular complexity index is 187. The second-order valence-electron chi connectivity index (χ2n) is 2.62. The molecular formula is C10H18S. The van der Waals surface area contributed by atoms with Crippen molar-refractivity contribution in [3.63, 3.8) is 0 Å². The largest absolute Gasteiger partial charge is 0.148 e. The van der Waals surface area contributed by atoms with Crippen molar-refractivity contribution in [2.24, 2.45) is 0 Å². The third-order valence-electron chi connectivity index (χ3n) is 1.43. The zero-order valence-corrected chi connectivity index (χ0v) is 8.96. The van der Waals surface area contributed by atoms with Gasteiger partial charge in [0.2, 0.25) is 0 Å². The van der Waals surface area contributed by atoms with E-state index in [0.29, 0.717) is 5.92 Å². The van der Waals surface area contributed by atoms with Gasteiger partial charge in [-0.3, -0.25) is 0 Å². The van der Waals surface area contributed by atoms with E-state index < -0.39 is 0 Å². The van der Waals surface area contributed by atoms with Crippen LogP contribution in [0, 0.1) is 6.92 Å². The average Bonchev–Trinajstić information content (AvgIpc) is 2.39. The van der Waals surface area contributed by atoms with Crippen molar-refractivity contribution in [3.8, 4) is 0 Å². The maximum absolute atomic E-state index is 2.23. The van der Waals surface area contributed by atoms with Gasteiger partial charge in [0.05, 0.1) is 0 Å². The Kier molecular flexibility index (Phi) is 5.22. The lowest BCUT2D eigenvalue weighted by molar-refractivity contribution is 0.881. The molecular weight excluding hydrogens is 152 g/mol. The summed E-state index contributed by atoms with van der Waals surface area (Å²) in [6, 6.07) is 2.18. The van der Waals surface area contributed by atoms with Gasteiger partial charge in [-0.15, -0.1) is 11.3 Å². The molecule has 0 unspecified atom stereocenters. The van der Waals surface area contributed by atoms with Gasteiger partial charge in [0, 0.05) is 4.88 Å². The van der Waals surface area contributed by atoms with Crippen LogP contribution in [0.15, 0.2) is 11.4 Å². The van der Waals surface area contributed by atoms with E-state index in [-0.39, 0.29) is 0 Å². The van der Waals surface area contributed by atoms with Crippen molar-refractivity contribution >= 4 is 11.3 Å². The van der Waals surface area contributed by atoms with Gasteiger partial charge in [-0.1, -0.05) is 27.7 Å². The van der Waals surface area contributed by atoms with E-state index in [0.717, 1.165) is 0 Å². The Balaban J connectivity index is 0.000000461. The van der Waals surface area contributed by atoms with Gasteiger partial charge in [-0.25, -0.2) is 0 Å². The Hall–Kier alpha value is -0.300. The summed E-state index contributed by atoms with van der Waals surface area (Å²) in [5.74, 6) is 0.699. The summed E-state index contributed by atoms with van der Waals surface area (Å²) in [7, 11) is 0. The van der Waals surface area contributed by atoms with Crippen molar-refractivity contribution in [3.05, 3.63) is 21.9 Å². The minimum Gasteiger partial charge on any atom is -0.148 e. The Morgan fingerprint density at radius 3 is 2.00 bits per heavy atom. The number of rotatable bonds is 1. The molecule has 0 fully saturated rings. The van der Waals surface area contributed by atoms with Gasteiger partial charge in [0.25, 0.3) is 0 Å². The lowest BCUT2D eigenvalue weighted by Gasteiger charge is -2.00. The summed E-state index contributed by atoms with van der Waals surface area (Å²) in [5.41, 5.74) is 1.44. The van der Waals surface area contributed by atoms with Gasteiger partial charge in [-0.2, -0.15) is 0 Å². The van der Waals surface area contributed by atoms with Crippen LogP contribution in [0.5, 0.6) is 0 Å². The zero-order chi connectivity index (χ0) is 8.85. The molecule has 64 valence electrons. The van der Waals surface area contributed by atoms with Crippen LogP contribution in [-0.2, 0) is 0 Å². The quantitative estimate of drug-likeness (QED) is 0.592. The second-order valence-corrected chi connectivity index (χ2v) is 3.57. The number of hydrogen-bond acceptors (Lipinski definition) is 1. The number of aryl methyl sites for hydroxylation is 1. The minimum absolute atomic E-state index is 0.699. The van der Waals surface area contributed by atoms with Crippen LogP contribution < -0.4 is 0 Å². The molecule has 1 rings (SSSR count). The van der Waals surface area contributed by atoms with E-state index in [1.54, 1.807) is 0 Å². The Morgan fingerprint density at radius 2 is 1.82 bits per heavy atom. The molecule has 1 aromatic rings. The van der Waals surface area contributed by atoms with Crippen LogP contribution in [-0.4, -0.2) is 0 Å². The second kappa shape index (κ2) is 5.36. The summed E-state index contributed by atoms with van der Waals surface area (Å²) < 4.78 is 0. The molecule has 1 heteroatoms. The maximum Gasteiger partial charge on any atom is 0.00998 e. The van der Waals surface area contributed by atoms with E-state index in [1.165, 1.54) is 10.4 Å². The van der Waals surface area contributed by atoms with Crippen LogP contribution in [0.25, 0.3) is 0 Å². The van der Waals surface area contributed by atoms with Crippen LogP contribution in [0.3, 0.4) is 0 Å². The average molecular weight is 170 g/mol. The van der Waals surface area contributed by atoms with Gasteiger partial charge < -0.3 is 0 Å². The summed E-state index contributed by atoms with van der Waals surface area (Å²) in [6.45, 7) is 10.6. The minimum atomic E-state index is 0.699. The molecule has 11 heavy (non-hydrogen) atoms. The molecule has 0 N–H and O–H groups in total. The first-order valence-electron chi connectivity index (χ1n) is 4.26. The van der Waals surface area contributed by atoms with E-state index in [4.69, 9.17) is 0 Å². The van der Waals surface area contributed by atoms with Crippen LogP contribution in [0.2, 0.25) is 0 Å². The van der Waals surface area contributed by atoms with E-state index in [2.05, 4.69) is 32.2 Å². The monoisotopic (exact) mass is 170 g/mol. The predicted octanol–water partition coefficient (Wildman–Crippen LogP) is 4.21. The van der Waals surface area contributed by atoms with E-state index in [1.807, 2.05) is 25.2 Å². The highest BCUT2D eigenvalue weighted by Crippen LogP contribution is 2.24. The highest BCUT2D eigenvalue weighted by molar-refractivity contribution is 7.10. The first-order valence-corrected chi connectivity index (χ1v) is 5.13. The molecule has 0 aliphatic rings. The molecule has 0 amide bonds. The molecule has 0 saturated heterocycles. The van der Waals surface area contributed by atoms with Crippen molar-refractivity contribution in [1.29, 1.82) is 0 Å². The fourth-order valence-electron chi connectivity index (χ4n) is 0.976. The standard InChI is InChI=1S/C8H12S.C2H6/c1-6(2)8-7(3)4-5-9-8;1-2/h4-6H,1-3H3;1-2H3. The third-order valence-corrected chi connectivity index (χ3v) is 2.75. The number of thiophene rings is 1. The molecule has 0 radical (unpaired) electrons. The lowest BCUT2D eigenvalue weighted by atomic mass is 10.1. The topological polar surface area (TPSA) is 0 Å². The molecule has 0 saturated carbocycles. The first kappa shape index (κ1) is 10.7. The molecule has 0 bridgehead atoms. The van der Waals surface area contributed by atoms with E-state index >= 15 is 0 Å². The van der Waals surface area contributed by atoms with Crippen molar-refractivity contribution in [2.75, 3.05) is 0 Å². The van der Waals surface area contributed by atoms with Gasteiger partial charge in [0.1, 0.15) is 0 Å². The zero-order valence-electron chi connectivity index (χ0n) is 8.14. The normalized spacial score (nSPS) is 9.27. The summed E-state index contributed by atoms with van der Waals surface area (Å²) >= 11 is 1.86. The van der Waals surface area contributed by atoms with Gasteiger partial charge >= 0.3 is 0 Å². The van der Waals surface area contributed by atoms with Gasteiger partial charge in [-0.05, 0) is 29.9 Å². The van der Waals surface area contributed by atoms with Crippen LogP contribution >= 0.6 is 11.3 Å². The Morgan fingerprint density at radius 1 is 1.27 bits per heavy atom. The SMILES string of the molecule is CC.Cc1ccsc1C(C)C. The summed E-state index contributed by atoms with van der Waals surface area (Å²) in [6.07, 6.45) is 0. The van der Waals surface area contributed by atoms with Crippen LogP contribution in [0.4, 0.5) is 0 Å². The Labute approximate surface area is 74.3 Å². The lowest BCUT2D eigenvalue weighted by Crippen LogP contribution is -1.82. The summed E-state index contributed by atoms with van der Waals surface area (Å²) in [4.78, 5) is 1.52. The highest BCUT2D eigenvalue weighted by atomic mass is 32.1. The first-order chi connectivity index (χ1) is 5.22. The van der Waals surface area contributed by atoms with Crippen molar-refractivity contribution in [1.82, 2.24) is 0 Å². The molecule has 0 aliphatic heterocycles. The van der Waals surface area contributed by atoms with Crippen LogP contribution in [0.1, 0.15) is 44.1 Å². The summed E-state index contributed by atoms with van der Waals surface area (Å²) in [5, 5.41) is 2.16. The highest BCUT2D eigenvalue weighted by Gasteiger charge is 2.02. The van der Waals surface area contributed by atoms with Gasteiger partial charge in [0.15, 0.2) is 0 Å². The predicted molar refractivity (Wildman–Crippen MR) is 54.5 cm³/mol. The van der Waals surface area contributed by atoms with Crippen molar-refractivity contribution < 1.29 is 0 Å². The third kappa shape index (κ3) is 3.06.